The van der Waals surface area contributed by atoms with Gasteiger partial charge in [0.2, 0.25) is 5.88 Å². The normalized spacial score (nSPS) is 15.1. The maximum absolute atomic E-state index is 6.25. The molecule has 1 aliphatic heterocycles. The van der Waals surface area contributed by atoms with Crippen molar-refractivity contribution in [1.29, 1.82) is 0 Å². The summed E-state index contributed by atoms with van der Waals surface area (Å²) in [6.45, 7) is 4.87. The molecule has 3 heterocycles. The minimum Gasteiger partial charge on any atom is -0.474 e. The summed E-state index contributed by atoms with van der Waals surface area (Å²) in [6.07, 6.45) is 7.84. The molecule has 1 aromatic carbocycles. The van der Waals surface area contributed by atoms with Gasteiger partial charge in [-0.2, -0.15) is 0 Å². The van der Waals surface area contributed by atoms with Gasteiger partial charge in [-0.15, -0.1) is 0 Å². The lowest BCUT2D eigenvalue weighted by Gasteiger charge is -2.24. The molecule has 0 amide bonds. The molecule has 134 valence electrons. The predicted molar refractivity (Wildman–Crippen MR) is 105 cm³/mol. The highest BCUT2D eigenvalue weighted by molar-refractivity contribution is 5.99. The van der Waals surface area contributed by atoms with E-state index in [1.54, 1.807) is 0 Å². The number of benzene rings is 1. The molecule has 1 aliphatic rings. The second-order valence-corrected chi connectivity index (χ2v) is 6.75. The summed E-state index contributed by atoms with van der Waals surface area (Å²) in [5.41, 5.74) is 3.46. The maximum Gasteiger partial charge on any atom is 0.221 e. The quantitative estimate of drug-likeness (QED) is 0.736. The SMILES string of the molecule is Cc1cnc(OC2CCNCC2)c2cccc(NCc3ccncc3)c12. The lowest BCUT2D eigenvalue weighted by molar-refractivity contribution is 0.158. The fourth-order valence-corrected chi connectivity index (χ4v) is 3.46. The molecule has 5 heteroatoms. The van der Waals surface area contributed by atoms with Gasteiger partial charge in [0, 0.05) is 41.6 Å². The van der Waals surface area contributed by atoms with Gasteiger partial charge in [-0.05, 0) is 68.2 Å². The Morgan fingerprint density at radius 3 is 2.77 bits per heavy atom. The molecule has 0 spiro atoms. The smallest absolute Gasteiger partial charge is 0.221 e. The van der Waals surface area contributed by atoms with Crippen LogP contribution in [0.1, 0.15) is 24.0 Å². The number of fused-ring (bicyclic) bond motifs is 1. The average molecular weight is 348 g/mol. The Balaban J connectivity index is 1.63. The average Bonchev–Trinajstić information content (AvgIpc) is 2.70. The third-order valence-electron chi connectivity index (χ3n) is 4.86. The molecule has 0 saturated carbocycles. The van der Waals surface area contributed by atoms with E-state index in [4.69, 9.17) is 4.74 Å². The van der Waals surface area contributed by atoms with E-state index < -0.39 is 0 Å². The van der Waals surface area contributed by atoms with Crippen LogP contribution in [0.3, 0.4) is 0 Å². The number of rotatable bonds is 5. The third-order valence-corrected chi connectivity index (χ3v) is 4.86. The number of anilines is 1. The summed E-state index contributed by atoms with van der Waals surface area (Å²) in [7, 11) is 0. The van der Waals surface area contributed by atoms with Gasteiger partial charge in [-0.25, -0.2) is 4.98 Å². The van der Waals surface area contributed by atoms with E-state index in [2.05, 4.69) is 45.7 Å². The number of hydrogen-bond acceptors (Lipinski definition) is 5. The zero-order valence-electron chi connectivity index (χ0n) is 15.0. The van der Waals surface area contributed by atoms with Crippen molar-refractivity contribution in [2.75, 3.05) is 18.4 Å². The molecular formula is C21H24N4O. The van der Waals surface area contributed by atoms with Gasteiger partial charge >= 0.3 is 0 Å². The number of nitrogens with one attached hydrogen (secondary N) is 2. The molecule has 26 heavy (non-hydrogen) atoms. The van der Waals surface area contributed by atoms with Crippen molar-refractivity contribution in [3.63, 3.8) is 0 Å². The number of pyridine rings is 2. The van der Waals surface area contributed by atoms with E-state index in [1.165, 1.54) is 10.9 Å². The van der Waals surface area contributed by atoms with Crippen molar-refractivity contribution in [1.82, 2.24) is 15.3 Å². The van der Waals surface area contributed by atoms with Crippen LogP contribution < -0.4 is 15.4 Å². The Hall–Kier alpha value is -2.66. The molecule has 0 aliphatic carbocycles. The van der Waals surface area contributed by atoms with E-state index in [0.29, 0.717) is 0 Å². The van der Waals surface area contributed by atoms with Crippen LogP contribution in [0.15, 0.2) is 48.9 Å². The monoisotopic (exact) mass is 348 g/mol. The molecule has 1 saturated heterocycles. The van der Waals surface area contributed by atoms with Crippen molar-refractivity contribution < 1.29 is 4.74 Å². The number of aryl methyl sites for hydroxylation is 1. The van der Waals surface area contributed by atoms with Crippen LogP contribution in [0.2, 0.25) is 0 Å². The van der Waals surface area contributed by atoms with Gasteiger partial charge in [-0.1, -0.05) is 6.07 Å². The van der Waals surface area contributed by atoms with Crippen molar-refractivity contribution in [3.8, 4) is 5.88 Å². The van der Waals surface area contributed by atoms with Crippen molar-refractivity contribution in [2.24, 2.45) is 0 Å². The van der Waals surface area contributed by atoms with Crippen molar-refractivity contribution >= 4 is 16.5 Å². The number of ether oxygens (including phenoxy) is 1. The highest BCUT2D eigenvalue weighted by atomic mass is 16.5. The van der Waals surface area contributed by atoms with E-state index in [1.807, 2.05) is 30.7 Å². The first kappa shape index (κ1) is 16.8. The van der Waals surface area contributed by atoms with Crippen LogP contribution in [0.25, 0.3) is 10.8 Å². The van der Waals surface area contributed by atoms with Gasteiger partial charge < -0.3 is 15.4 Å². The summed E-state index contributed by atoms with van der Waals surface area (Å²) in [5.74, 6) is 0.741. The van der Waals surface area contributed by atoms with Crippen LogP contribution in [0.4, 0.5) is 5.69 Å². The zero-order chi connectivity index (χ0) is 17.8. The number of aromatic nitrogens is 2. The summed E-state index contributed by atoms with van der Waals surface area (Å²) >= 11 is 0. The fourth-order valence-electron chi connectivity index (χ4n) is 3.46. The van der Waals surface area contributed by atoms with Gasteiger partial charge in [0.25, 0.3) is 0 Å². The number of piperidine rings is 1. The Morgan fingerprint density at radius 2 is 1.96 bits per heavy atom. The molecule has 4 rings (SSSR count). The van der Waals surface area contributed by atoms with Crippen LogP contribution >= 0.6 is 0 Å². The first-order valence-corrected chi connectivity index (χ1v) is 9.20. The minimum atomic E-state index is 0.239. The molecule has 0 atom stereocenters. The molecule has 0 unspecified atom stereocenters. The molecule has 3 aromatic rings. The molecule has 0 radical (unpaired) electrons. The van der Waals surface area contributed by atoms with E-state index in [0.717, 1.165) is 55.0 Å². The topological polar surface area (TPSA) is 59.1 Å². The predicted octanol–water partition coefficient (Wildman–Crippen LogP) is 3.68. The van der Waals surface area contributed by atoms with E-state index in [-0.39, 0.29) is 6.10 Å². The summed E-state index contributed by atoms with van der Waals surface area (Å²) in [5, 5.41) is 9.18. The minimum absolute atomic E-state index is 0.239. The first-order chi connectivity index (χ1) is 12.8. The van der Waals surface area contributed by atoms with Gasteiger partial charge in [0.1, 0.15) is 6.10 Å². The maximum atomic E-state index is 6.25. The molecular weight excluding hydrogens is 324 g/mol. The van der Waals surface area contributed by atoms with Crippen LogP contribution in [-0.4, -0.2) is 29.2 Å². The number of nitrogens with zero attached hydrogens (tertiary/aromatic N) is 2. The zero-order valence-corrected chi connectivity index (χ0v) is 15.0. The van der Waals surface area contributed by atoms with Crippen LogP contribution in [0, 0.1) is 6.92 Å². The Kier molecular flexibility index (Phi) is 4.97. The van der Waals surface area contributed by atoms with E-state index >= 15 is 0 Å². The van der Waals surface area contributed by atoms with Crippen LogP contribution in [-0.2, 0) is 6.54 Å². The molecule has 5 nitrogen and oxygen atoms in total. The highest BCUT2D eigenvalue weighted by Gasteiger charge is 2.17. The van der Waals surface area contributed by atoms with E-state index in [9.17, 15) is 0 Å². The summed E-state index contributed by atoms with van der Waals surface area (Å²) in [4.78, 5) is 8.66. The first-order valence-electron chi connectivity index (χ1n) is 9.20. The second kappa shape index (κ2) is 7.70. The Morgan fingerprint density at radius 1 is 1.15 bits per heavy atom. The largest absolute Gasteiger partial charge is 0.474 e. The molecule has 1 fully saturated rings. The molecule has 2 N–H and O–H groups in total. The van der Waals surface area contributed by atoms with Crippen LogP contribution in [0.5, 0.6) is 5.88 Å². The number of hydrogen-bond donors (Lipinski definition) is 2. The molecule has 2 aromatic heterocycles. The summed E-state index contributed by atoms with van der Waals surface area (Å²) < 4.78 is 6.25. The second-order valence-electron chi connectivity index (χ2n) is 6.75. The lowest BCUT2D eigenvalue weighted by atomic mass is 10.1. The Bertz CT molecular complexity index is 876. The fraction of sp³-hybridized carbons (Fsp3) is 0.333. The Labute approximate surface area is 153 Å². The summed E-state index contributed by atoms with van der Waals surface area (Å²) in [6, 6.07) is 10.3. The van der Waals surface area contributed by atoms with Gasteiger partial charge in [0.05, 0.1) is 0 Å². The standard InChI is InChI=1S/C21H24N4O/c1-15-13-25-21(26-17-7-11-23-12-8-17)18-3-2-4-19(20(15)18)24-14-16-5-9-22-10-6-16/h2-6,9-10,13,17,23-24H,7-8,11-12,14H2,1H3. The highest BCUT2D eigenvalue weighted by Crippen LogP contribution is 2.33. The lowest BCUT2D eigenvalue weighted by Crippen LogP contribution is -2.34. The van der Waals surface area contributed by atoms with Gasteiger partial charge in [-0.3, -0.25) is 4.98 Å². The van der Waals surface area contributed by atoms with Crippen molar-refractivity contribution in [2.45, 2.75) is 32.4 Å². The third kappa shape index (κ3) is 3.63. The molecule has 0 bridgehead atoms. The van der Waals surface area contributed by atoms with Gasteiger partial charge in [0.15, 0.2) is 0 Å². The van der Waals surface area contributed by atoms with Crippen molar-refractivity contribution in [3.05, 3.63) is 60.0 Å².